The summed E-state index contributed by atoms with van der Waals surface area (Å²) < 4.78 is 39.6. The highest BCUT2D eigenvalue weighted by atomic mass is 19.1. The van der Waals surface area contributed by atoms with Crippen molar-refractivity contribution in [3.63, 3.8) is 0 Å². The molecule has 108 valence electrons. The highest BCUT2D eigenvalue weighted by Crippen LogP contribution is 2.26. The van der Waals surface area contributed by atoms with Crippen molar-refractivity contribution in [2.45, 2.75) is 25.3 Å². The lowest BCUT2D eigenvalue weighted by Crippen LogP contribution is -2.34. The molecule has 2 rings (SSSR count). The highest BCUT2D eigenvalue weighted by Gasteiger charge is 2.31. The lowest BCUT2D eigenvalue weighted by Gasteiger charge is -2.13. The summed E-state index contributed by atoms with van der Waals surface area (Å²) in [6.07, 6.45) is 1.04. The molecule has 0 saturated heterocycles. The number of aliphatic carboxylic acids is 1. The highest BCUT2D eigenvalue weighted by molar-refractivity contribution is 5.95. The predicted octanol–water partition coefficient (Wildman–Crippen LogP) is 2.09. The van der Waals surface area contributed by atoms with Gasteiger partial charge in [0.05, 0.1) is 5.92 Å². The number of benzene rings is 1. The van der Waals surface area contributed by atoms with Gasteiger partial charge in [0.15, 0.2) is 0 Å². The Bertz CT molecular complexity index is 539. The molecule has 0 aliphatic heterocycles. The molecule has 1 aromatic carbocycles. The van der Waals surface area contributed by atoms with Gasteiger partial charge in [-0.15, -0.1) is 0 Å². The van der Waals surface area contributed by atoms with Crippen LogP contribution in [0.2, 0.25) is 0 Å². The maximum atomic E-state index is 13.4. The Morgan fingerprint density at radius 2 is 1.75 bits per heavy atom. The van der Waals surface area contributed by atoms with Gasteiger partial charge in [0.2, 0.25) is 0 Å². The van der Waals surface area contributed by atoms with E-state index in [-0.39, 0.29) is 6.42 Å². The lowest BCUT2D eigenvalue weighted by atomic mass is 10.1. The van der Waals surface area contributed by atoms with Crippen molar-refractivity contribution in [2.24, 2.45) is 5.92 Å². The van der Waals surface area contributed by atoms with Crippen molar-refractivity contribution in [1.82, 2.24) is 5.32 Å². The van der Waals surface area contributed by atoms with E-state index in [0.29, 0.717) is 25.0 Å². The Balaban J connectivity index is 2.08. The molecule has 1 fully saturated rings. The fourth-order valence-electron chi connectivity index (χ4n) is 2.35. The number of hydrogen-bond acceptors (Lipinski definition) is 2. The first-order chi connectivity index (χ1) is 9.38. The zero-order chi connectivity index (χ0) is 14.9. The number of halogens is 3. The Labute approximate surface area is 112 Å². The standard InChI is InChI=1S/C13H12F3NO3/c14-7-4-9(15)11(10(16)5-7)12(18)17-8-2-1-6(3-8)13(19)20/h4-6,8H,1-3H2,(H,17,18)(H,19,20)/t6-,8+/m1/s1. The quantitative estimate of drug-likeness (QED) is 0.894. The molecule has 1 aliphatic rings. The third-order valence-corrected chi connectivity index (χ3v) is 3.35. The van der Waals surface area contributed by atoms with Gasteiger partial charge >= 0.3 is 5.97 Å². The molecular formula is C13H12F3NO3. The van der Waals surface area contributed by atoms with E-state index in [1.54, 1.807) is 0 Å². The molecule has 0 bridgehead atoms. The number of amides is 1. The van der Waals surface area contributed by atoms with Gasteiger partial charge in [-0.3, -0.25) is 9.59 Å². The number of hydrogen-bond donors (Lipinski definition) is 2. The topological polar surface area (TPSA) is 66.4 Å². The molecular weight excluding hydrogens is 275 g/mol. The monoisotopic (exact) mass is 287 g/mol. The minimum atomic E-state index is -1.28. The van der Waals surface area contributed by atoms with E-state index in [0.717, 1.165) is 0 Å². The molecule has 0 radical (unpaired) electrons. The van der Waals surface area contributed by atoms with Crippen LogP contribution in [0.4, 0.5) is 13.2 Å². The van der Waals surface area contributed by atoms with E-state index in [9.17, 15) is 22.8 Å². The second-order valence-electron chi connectivity index (χ2n) is 4.76. The van der Waals surface area contributed by atoms with Crippen LogP contribution in [0, 0.1) is 23.4 Å². The van der Waals surface area contributed by atoms with E-state index < -0.39 is 46.9 Å². The molecule has 1 saturated carbocycles. The van der Waals surface area contributed by atoms with E-state index in [4.69, 9.17) is 5.11 Å². The van der Waals surface area contributed by atoms with Gasteiger partial charge in [0.25, 0.3) is 5.91 Å². The molecule has 20 heavy (non-hydrogen) atoms. The van der Waals surface area contributed by atoms with E-state index in [1.165, 1.54) is 0 Å². The molecule has 7 heteroatoms. The summed E-state index contributed by atoms with van der Waals surface area (Å²) >= 11 is 0. The van der Waals surface area contributed by atoms with Gasteiger partial charge in [0.1, 0.15) is 23.0 Å². The SMILES string of the molecule is O=C(N[C@H]1CC[C@@H](C(=O)O)C1)c1c(F)cc(F)cc1F. The van der Waals surface area contributed by atoms with Crippen LogP contribution in [0.25, 0.3) is 0 Å². The first kappa shape index (κ1) is 14.4. The van der Waals surface area contributed by atoms with Crippen LogP contribution >= 0.6 is 0 Å². The molecule has 1 aliphatic carbocycles. The second-order valence-corrected chi connectivity index (χ2v) is 4.76. The van der Waals surface area contributed by atoms with Gasteiger partial charge in [-0.1, -0.05) is 0 Å². The smallest absolute Gasteiger partial charge is 0.306 e. The fraction of sp³-hybridized carbons (Fsp3) is 0.385. The van der Waals surface area contributed by atoms with Crippen LogP contribution in [-0.2, 0) is 4.79 Å². The third kappa shape index (κ3) is 2.92. The molecule has 0 heterocycles. The number of carbonyl (C=O) groups excluding carboxylic acids is 1. The summed E-state index contributed by atoms with van der Waals surface area (Å²) in [5.74, 6) is -6.20. The van der Waals surface area contributed by atoms with Gasteiger partial charge in [-0.2, -0.15) is 0 Å². The number of carboxylic acids is 1. The molecule has 0 unspecified atom stereocenters. The number of nitrogens with one attached hydrogen (secondary N) is 1. The second kappa shape index (κ2) is 5.52. The van der Waals surface area contributed by atoms with Crippen molar-refractivity contribution in [1.29, 1.82) is 0 Å². The minimum absolute atomic E-state index is 0.214. The summed E-state index contributed by atoms with van der Waals surface area (Å²) in [4.78, 5) is 22.5. The molecule has 0 spiro atoms. The van der Waals surface area contributed by atoms with Crippen molar-refractivity contribution >= 4 is 11.9 Å². The Morgan fingerprint density at radius 3 is 2.25 bits per heavy atom. The van der Waals surface area contributed by atoms with Gasteiger partial charge in [-0.05, 0) is 19.3 Å². The number of carboxylic acid groups (broad SMARTS) is 1. The van der Waals surface area contributed by atoms with E-state index in [2.05, 4.69) is 5.32 Å². The van der Waals surface area contributed by atoms with Crippen LogP contribution in [0.1, 0.15) is 29.6 Å². The average Bonchev–Trinajstić information content (AvgIpc) is 2.75. The van der Waals surface area contributed by atoms with Crippen LogP contribution in [0.5, 0.6) is 0 Å². The summed E-state index contributed by atoms with van der Waals surface area (Å²) in [7, 11) is 0. The molecule has 2 N–H and O–H groups in total. The summed E-state index contributed by atoms with van der Waals surface area (Å²) in [6, 6.07) is 0.395. The largest absolute Gasteiger partial charge is 0.481 e. The van der Waals surface area contributed by atoms with Crippen LogP contribution in [-0.4, -0.2) is 23.0 Å². The minimum Gasteiger partial charge on any atom is -0.481 e. The Hall–Kier alpha value is -2.05. The van der Waals surface area contributed by atoms with Crippen molar-refractivity contribution in [3.8, 4) is 0 Å². The molecule has 2 atom stereocenters. The maximum Gasteiger partial charge on any atom is 0.306 e. The van der Waals surface area contributed by atoms with Gasteiger partial charge < -0.3 is 10.4 Å². The normalized spacial score (nSPS) is 21.8. The summed E-state index contributed by atoms with van der Waals surface area (Å²) in [5, 5.41) is 11.2. The van der Waals surface area contributed by atoms with Crippen molar-refractivity contribution < 1.29 is 27.9 Å². The van der Waals surface area contributed by atoms with Crippen LogP contribution in [0.3, 0.4) is 0 Å². The van der Waals surface area contributed by atoms with Crippen molar-refractivity contribution in [3.05, 3.63) is 35.1 Å². The zero-order valence-electron chi connectivity index (χ0n) is 10.3. The number of carbonyl (C=O) groups is 2. The van der Waals surface area contributed by atoms with Crippen molar-refractivity contribution in [2.75, 3.05) is 0 Å². The Kier molecular flexibility index (Phi) is 3.96. The zero-order valence-corrected chi connectivity index (χ0v) is 10.3. The number of rotatable bonds is 3. The Morgan fingerprint density at radius 1 is 1.15 bits per heavy atom. The summed E-state index contributed by atoms with van der Waals surface area (Å²) in [6.45, 7) is 0. The maximum absolute atomic E-state index is 13.4. The molecule has 0 aromatic heterocycles. The van der Waals surface area contributed by atoms with E-state index in [1.807, 2.05) is 0 Å². The van der Waals surface area contributed by atoms with Gasteiger partial charge in [0, 0.05) is 18.2 Å². The fourth-order valence-corrected chi connectivity index (χ4v) is 2.35. The molecule has 1 aromatic rings. The average molecular weight is 287 g/mol. The third-order valence-electron chi connectivity index (χ3n) is 3.35. The molecule has 4 nitrogen and oxygen atoms in total. The first-order valence-corrected chi connectivity index (χ1v) is 6.06. The van der Waals surface area contributed by atoms with Gasteiger partial charge in [-0.25, -0.2) is 13.2 Å². The predicted molar refractivity (Wildman–Crippen MR) is 62.5 cm³/mol. The first-order valence-electron chi connectivity index (χ1n) is 6.06. The summed E-state index contributed by atoms with van der Waals surface area (Å²) in [5.41, 5.74) is -0.856. The lowest BCUT2D eigenvalue weighted by molar-refractivity contribution is -0.141. The molecule has 1 amide bonds. The van der Waals surface area contributed by atoms with Crippen LogP contribution in [0.15, 0.2) is 12.1 Å². The van der Waals surface area contributed by atoms with Crippen LogP contribution < -0.4 is 5.32 Å². The van der Waals surface area contributed by atoms with E-state index >= 15 is 0 Å².